The van der Waals surface area contributed by atoms with E-state index in [1.165, 1.54) is 11.4 Å². The van der Waals surface area contributed by atoms with Gasteiger partial charge in [0, 0.05) is 59.4 Å². The van der Waals surface area contributed by atoms with Crippen LogP contribution in [0, 0.1) is 19.8 Å². The second-order valence-corrected chi connectivity index (χ2v) is 12.4. The number of rotatable bonds is 11. The Labute approximate surface area is 217 Å². The second kappa shape index (κ2) is 12.7. The van der Waals surface area contributed by atoms with Crippen LogP contribution in [0.3, 0.4) is 0 Å². The van der Waals surface area contributed by atoms with Gasteiger partial charge in [0.2, 0.25) is 15.9 Å². The van der Waals surface area contributed by atoms with E-state index in [1.807, 2.05) is 11.9 Å². The first kappa shape index (κ1) is 28.8. The van der Waals surface area contributed by atoms with Gasteiger partial charge in [0.1, 0.15) is 12.4 Å². The monoisotopic (exact) mass is 524 g/mol. The Kier molecular flexibility index (Phi) is 10.2. The predicted molar refractivity (Wildman–Crippen MR) is 141 cm³/mol. The molecule has 1 saturated carbocycles. The first-order valence-electron chi connectivity index (χ1n) is 12.9. The summed E-state index contributed by atoms with van der Waals surface area (Å²) in [5.74, 6) is 1.22. The lowest BCUT2D eigenvalue weighted by molar-refractivity contribution is -0.136. The number of nitrogens with zero attached hydrogens (tertiary/aromatic N) is 4. The Morgan fingerprint density at radius 3 is 2.33 bits per heavy atom. The van der Waals surface area contributed by atoms with Crippen molar-refractivity contribution in [3.05, 3.63) is 23.3 Å². The average Bonchev–Trinajstić information content (AvgIpc) is 3.30. The number of aryl methyl sites for hydroxylation is 2. The second-order valence-electron chi connectivity index (χ2n) is 10.4. The third-order valence-electron chi connectivity index (χ3n) is 7.68. The van der Waals surface area contributed by atoms with Crippen LogP contribution in [0.5, 0.6) is 5.75 Å². The van der Waals surface area contributed by atoms with Gasteiger partial charge in [-0.25, -0.2) is 8.42 Å². The summed E-state index contributed by atoms with van der Waals surface area (Å²) in [5, 5.41) is 0. The number of piperazine rings is 1. The van der Waals surface area contributed by atoms with Crippen molar-refractivity contribution in [3.63, 3.8) is 0 Å². The fourth-order valence-corrected chi connectivity index (χ4v) is 6.89. The van der Waals surface area contributed by atoms with Crippen LogP contribution < -0.4 is 4.74 Å². The van der Waals surface area contributed by atoms with Crippen molar-refractivity contribution >= 4 is 15.9 Å². The molecule has 1 heterocycles. The SMILES string of the molecule is COc1cc(C)c(S(=O)(=O)N(C)CCOCC(=O)N(C)[C@@H]2CC[C@@H](CN3CCN(C)CC3)C2)c(C)c1. The molecule has 1 aromatic rings. The zero-order chi connectivity index (χ0) is 26.5. The van der Waals surface area contributed by atoms with Gasteiger partial charge < -0.3 is 24.2 Å². The summed E-state index contributed by atoms with van der Waals surface area (Å²) >= 11 is 0. The highest BCUT2D eigenvalue weighted by Gasteiger charge is 2.31. The summed E-state index contributed by atoms with van der Waals surface area (Å²) in [6.45, 7) is 9.44. The average molecular weight is 525 g/mol. The molecule has 2 atom stereocenters. The third-order valence-corrected chi connectivity index (χ3v) is 9.84. The zero-order valence-corrected chi connectivity index (χ0v) is 23.6. The molecule has 0 N–H and O–H groups in total. The van der Waals surface area contributed by atoms with Gasteiger partial charge in [-0.1, -0.05) is 0 Å². The van der Waals surface area contributed by atoms with Crippen LogP contribution in [0.25, 0.3) is 0 Å². The topological polar surface area (TPSA) is 82.6 Å². The molecule has 0 aromatic heterocycles. The third kappa shape index (κ3) is 7.19. The van der Waals surface area contributed by atoms with Crippen molar-refractivity contribution in [2.45, 2.75) is 44.0 Å². The smallest absolute Gasteiger partial charge is 0.248 e. The maximum Gasteiger partial charge on any atom is 0.248 e. The van der Waals surface area contributed by atoms with E-state index in [0.717, 1.165) is 52.0 Å². The minimum atomic E-state index is -3.68. The molecule has 0 spiro atoms. The molecule has 1 amide bonds. The Morgan fingerprint density at radius 1 is 1.08 bits per heavy atom. The maximum atomic E-state index is 13.1. The molecule has 1 aromatic carbocycles. The van der Waals surface area contributed by atoms with E-state index in [1.54, 1.807) is 33.1 Å². The molecular weight excluding hydrogens is 480 g/mol. The number of carbonyl (C=O) groups is 1. The van der Waals surface area contributed by atoms with Crippen molar-refractivity contribution in [1.82, 2.24) is 19.0 Å². The number of sulfonamides is 1. The molecule has 0 radical (unpaired) electrons. The number of hydrogen-bond donors (Lipinski definition) is 0. The molecule has 9 nitrogen and oxygen atoms in total. The molecule has 36 heavy (non-hydrogen) atoms. The number of ether oxygens (including phenoxy) is 2. The molecule has 2 fully saturated rings. The first-order chi connectivity index (χ1) is 17.0. The van der Waals surface area contributed by atoms with Crippen LogP contribution in [0.2, 0.25) is 0 Å². The Hall–Kier alpha value is -1.72. The zero-order valence-electron chi connectivity index (χ0n) is 22.8. The molecule has 1 aliphatic heterocycles. The molecule has 204 valence electrons. The van der Waals surface area contributed by atoms with Gasteiger partial charge in [0.25, 0.3) is 0 Å². The normalized spacial score (nSPS) is 21.8. The Morgan fingerprint density at radius 2 is 1.72 bits per heavy atom. The summed E-state index contributed by atoms with van der Waals surface area (Å²) < 4.78 is 38.4. The van der Waals surface area contributed by atoms with Crippen molar-refractivity contribution in [1.29, 1.82) is 0 Å². The van der Waals surface area contributed by atoms with Crippen LogP contribution in [0.15, 0.2) is 17.0 Å². The number of carbonyl (C=O) groups excluding carboxylic acids is 1. The van der Waals surface area contributed by atoms with Crippen LogP contribution >= 0.6 is 0 Å². The van der Waals surface area contributed by atoms with Gasteiger partial charge in [-0.15, -0.1) is 0 Å². The molecule has 3 rings (SSSR count). The summed E-state index contributed by atoms with van der Waals surface area (Å²) in [7, 11) is 3.45. The standard InChI is InChI=1S/C26H44N4O5S/c1-20-15-24(34-6)16-21(2)26(20)36(32,33)28(4)13-14-35-19-25(31)29(5)23-8-7-22(17-23)18-30-11-9-27(3)10-12-30/h15-16,22-23H,7-14,17-19H2,1-6H3/t22-,23-/m1/s1. The van der Waals surface area contributed by atoms with Crippen LogP contribution in [-0.2, 0) is 19.6 Å². The highest BCUT2D eigenvalue weighted by Crippen LogP contribution is 2.30. The van der Waals surface area contributed by atoms with E-state index in [9.17, 15) is 13.2 Å². The summed E-state index contributed by atoms with van der Waals surface area (Å²) in [5.41, 5.74) is 1.28. The molecule has 2 aliphatic rings. The van der Waals surface area contributed by atoms with Gasteiger partial charge in [0.05, 0.1) is 18.6 Å². The summed E-state index contributed by atoms with van der Waals surface area (Å²) in [6, 6.07) is 3.69. The van der Waals surface area contributed by atoms with E-state index in [0.29, 0.717) is 22.8 Å². The first-order valence-corrected chi connectivity index (χ1v) is 14.3. The molecule has 10 heteroatoms. The predicted octanol–water partition coefficient (Wildman–Crippen LogP) is 1.82. The fraction of sp³-hybridized carbons (Fsp3) is 0.731. The lowest BCUT2D eigenvalue weighted by Gasteiger charge is -2.34. The Bertz CT molecular complexity index is 971. The van der Waals surface area contributed by atoms with Gasteiger partial charge in [0.15, 0.2) is 0 Å². The van der Waals surface area contributed by atoms with E-state index >= 15 is 0 Å². The van der Waals surface area contributed by atoms with E-state index in [2.05, 4.69) is 16.8 Å². The number of likely N-dealkylation sites (N-methyl/N-ethyl adjacent to an activating group) is 3. The molecule has 0 unspecified atom stereocenters. The molecule has 1 aliphatic carbocycles. The van der Waals surface area contributed by atoms with Crippen molar-refractivity contribution in [2.75, 3.05) is 80.7 Å². The summed E-state index contributed by atoms with van der Waals surface area (Å²) in [4.78, 5) is 19.8. The van der Waals surface area contributed by atoms with Gasteiger partial charge in [-0.3, -0.25) is 4.79 Å². The van der Waals surface area contributed by atoms with Gasteiger partial charge >= 0.3 is 0 Å². The van der Waals surface area contributed by atoms with Gasteiger partial charge in [-0.2, -0.15) is 4.31 Å². The number of methoxy groups -OCH3 is 1. The quantitative estimate of drug-likeness (QED) is 0.409. The molecule has 0 bridgehead atoms. The van der Waals surface area contributed by atoms with Crippen LogP contribution in [-0.4, -0.2) is 120 Å². The van der Waals surface area contributed by atoms with Crippen molar-refractivity contribution < 1.29 is 22.7 Å². The number of amides is 1. The van der Waals surface area contributed by atoms with Crippen molar-refractivity contribution in [3.8, 4) is 5.75 Å². The van der Waals surface area contributed by atoms with E-state index in [-0.39, 0.29) is 36.6 Å². The minimum Gasteiger partial charge on any atom is -0.497 e. The largest absolute Gasteiger partial charge is 0.497 e. The van der Waals surface area contributed by atoms with E-state index in [4.69, 9.17) is 9.47 Å². The molecular formula is C26H44N4O5S. The maximum absolute atomic E-state index is 13.1. The highest BCUT2D eigenvalue weighted by atomic mass is 32.2. The number of hydrogen-bond acceptors (Lipinski definition) is 7. The Balaban J connectivity index is 1.41. The van der Waals surface area contributed by atoms with Crippen molar-refractivity contribution in [2.24, 2.45) is 5.92 Å². The minimum absolute atomic E-state index is 0.0371. The number of benzene rings is 1. The highest BCUT2D eigenvalue weighted by molar-refractivity contribution is 7.89. The fourth-order valence-electron chi connectivity index (χ4n) is 5.33. The van der Waals surface area contributed by atoms with E-state index < -0.39 is 10.0 Å². The lowest BCUT2D eigenvalue weighted by atomic mass is 10.1. The van der Waals surface area contributed by atoms with Crippen LogP contribution in [0.1, 0.15) is 30.4 Å². The summed E-state index contributed by atoms with van der Waals surface area (Å²) in [6.07, 6.45) is 3.22. The van der Waals surface area contributed by atoms with Gasteiger partial charge in [-0.05, 0) is 69.3 Å². The molecule has 1 saturated heterocycles. The van der Waals surface area contributed by atoms with Crippen LogP contribution in [0.4, 0.5) is 0 Å². The lowest BCUT2D eigenvalue weighted by Crippen LogP contribution is -2.46.